The van der Waals surface area contributed by atoms with E-state index in [-0.39, 0.29) is 5.92 Å². The van der Waals surface area contributed by atoms with Crippen molar-refractivity contribution in [3.05, 3.63) is 34.9 Å². The SMILES string of the molecule is Cc1ccc(C(=O)O)c(C(C)C2COC2)c1. The Labute approximate surface area is 95.0 Å². The van der Waals surface area contributed by atoms with Gasteiger partial charge in [0.05, 0.1) is 18.8 Å². The predicted octanol–water partition coefficient (Wildman–Crippen LogP) is 2.44. The molecule has 86 valence electrons. The fraction of sp³-hybridized carbons (Fsp3) is 0.462. The fourth-order valence-electron chi connectivity index (χ4n) is 2.05. The van der Waals surface area contributed by atoms with E-state index in [1.165, 1.54) is 0 Å². The van der Waals surface area contributed by atoms with E-state index in [4.69, 9.17) is 9.84 Å². The molecule has 1 N–H and O–H groups in total. The van der Waals surface area contributed by atoms with Crippen molar-refractivity contribution in [3.63, 3.8) is 0 Å². The summed E-state index contributed by atoms with van der Waals surface area (Å²) >= 11 is 0. The Morgan fingerprint density at radius 1 is 1.50 bits per heavy atom. The monoisotopic (exact) mass is 220 g/mol. The van der Waals surface area contributed by atoms with Crippen LogP contribution in [0.1, 0.15) is 34.3 Å². The highest BCUT2D eigenvalue weighted by Gasteiger charge is 2.28. The molecule has 0 saturated carbocycles. The minimum atomic E-state index is -0.845. The van der Waals surface area contributed by atoms with Crippen LogP contribution < -0.4 is 0 Å². The minimum absolute atomic E-state index is 0.250. The molecular formula is C13H16O3. The molecule has 1 atom stereocenters. The lowest BCUT2D eigenvalue weighted by Crippen LogP contribution is -2.32. The zero-order valence-corrected chi connectivity index (χ0v) is 9.56. The van der Waals surface area contributed by atoms with Crippen molar-refractivity contribution in [1.82, 2.24) is 0 Å². The van der Waals surface area contributed by atoms with E-state index in [0.29, 0.717) is 11.5 Å². The van der Waals surface area contributed by atoms with Crippen molar-refractivity contribution in [3.8, 4) is 0 Å². The van der Waals surface area contributed by atoms with Gasteiger partial charge in [-0.3, -0.25) is 0 Å². The lowest BCUT2D eigenvalue weighted by Gasteiger charge is -2.32. The first-order chi connectivity index (χ1) is 7.59. The van der Waals surface area contributed by atoms with Gasteiger partial charge in [-0.25, -0.2) is 4.79 Å². The number of hydrogen-bond donors (Lipinski definition) is 1. The lowest BCUT2D eigenvalue weighted by molar-refractivity contribution is -0.0424. The van der Waals surface area contributed by atoms with E-state index in [0.717, 1.165) is 24.3 Å². The normalized spacial score (nSPS) is 17.9. The fourth-order valence-corrected chi connectivity index (χ4v) is 2.05. The van der Waals surface area contributed by atoms with Crippen molar-refractivity contribution < 1.29 is 14.6 Å². The Hall–Kier alpha value is -1.35. The Morgan fingerprint density at radius 2 is 2.19 bits per heavy atom. The molecule has 0 bridgehead atoms. The van der Waals surface area contributed by atoms with Crippen LogP contribution in [-0.4, -0.2) is 24.3 Å². The van der Waals surface area contributed by atoms with Gasteiger partial charge in [0.1, 0.15) is 0 Å². The van der Waals surface area contributed by atoms with E-state index in [2.05, 4.69) is 6.92 Å². The maximum atomic E-state index is 11.1. The minimum Gasteiger partial charge on any atom is -0.478 e. The summed E-state index contributed by atoms with van der Waals surface area (Å²) in [6, 6.07) is 5.52. The highest BCUT2D eigenvalue weighted by atomic mass is 16.5. The summed E-state index contributed by atoms with van der Waals surface area (Å²) in [7, 11) is 0. The first kappa shape index (κ1) is 11.1. The van der Waals surface area contributed by atoms with Crippen LogP contribution in [0.4, 0.5) is 0 Å². The molecule has 1 aliphatic rings. The zero-order valence-electron chi connectivity index (χ0n) is 9.56. The summed E-state index contributed by atoms with van der Waals surface area (Å²) < 4.78 is 5.16. The quantitative estimate of drug-likeness (QED) is 0.851. The number of carboxylic acid groups (broad SMARTS) is 1. The van der Waals surface area contributed by atoms with Crippen LogP contribution in [0.25, 0.3) is 0 Å². The molecule has 1 heterocycles. The van der Waals surface area contributed by atoms with Crippen LogP contribution in [0.2, 0.25) is 0 Å². The van der Waals surface area contributed by atoms with Crippen molar-refractivity contribution in [2.75, 3.05) is 13.2 Å². The van der Waals surface area contributed by atoms with Gasteiger partial charge >= 0.3 is 5.97 Å². The van der Waals surface area contributed by atoms with Crippen LogP contribution in [0, 0.1) is 12.8 Å². The number of aryl methyl sites for hydroxylation is 1. The number of carboxylic acids is 1. The second kappa shape index (κ2) is 4.26. The molecule has 3 heteroatoms. The van der Waals surface area contributed by atoms with Gasteiger partial charge in [0.2, 0.25) is 0 Å². The average molecular weight is 220 g/mol. The molecule has 0 radical (unpaired) electrons. The molecule has 1 unspecified atom stereocenters. The highest BCUT2D eigenvalue weighted by Crippen LogP contribution is 2.32. The van der Waals surface area contributed by atoms with E-state index < -0.39 is 5.97 Å². The summed E-state index contributed by atoms with van der Waals surface area (Å²) in [6.45, 7) is 5.55. The molecule has 1 fully saturated rings. The summed E-state index contributed by atoms with van der Waals surface area (Å²) in [6.07, 6.45) is 0. The number of aromatic carboxylic acids is 1. The molecule has 1 aromatic carbocycles. The summed E-state index contributed by atoms with van der Waals surface area (Å²) in [5, 5.41) is 9.15. The molecule has 1 aliphatic heterocycles. The van der Waals surface area contributed by atoms with Crippen LogP contribution in [-0.2, 0) is 4.74 Å². The number of carbonyl (C=O) groups is 1. The van der Waals surface area contributed by atoms with Gasteiger partial charge in [-0.15, -0.1) is 0 Å². The summed E-state index contributed by atoms with van der Waals surface area (Å²) in [4.78, 5) is 11.1. The molecule has 0 amide bonds. The molecule has 0 aromatic heterocycles. The number of benzene rings is 1. The van der Waals surface area contributed by atoms with Crippen LogP contribution >= 0.6 is 0 Å². The van der Waals surface area contributed by atoms with Crippen LogP contribution in [0.15, 0.2) is 18.2 Å². The Kier molecular flexibility index (Phi) is 2.97. The smallest absolute Gasteiger partial charge is 0.335 e. The number of rotatable bonds is 3. The molecule has 3 nitrogen and oxygen atoms in total. The maximum Gasteiger partial charge on any atom is 0.335 e. The molecular weight excluding hydrogens is 204 g/mol. The molecule has 1 aromatic rings. The molecule has 1 saturated heterocycles. The summed E-state index contributed by atoms with van der Waals surface area (Å²) in [5.74, 6) is -0.137. The van der Waals surface area contributed by atoms with E-state index in [1.807, 2.05) is 19.1 Å². The predicted molar refractivity (Wildman–Crippen MR) is 60.9 cm³/mol. The average Bonchev–Trinajstić information content (AvgIpc) is 2.14. The van der Waals surface area contributed by atoms with E-state index in [9.17, 15) is 4.79 Å². The third-order valence-electron chi connectivity index (χ3n) is 3.30. The second-order valence-electron chi connectivity index (χ2n) is 4.48. The Balaban J connectivity index is 2.36. The Bertz CT molecular complexity index is 408. The lowest BCUT2D eigenvalue weighted by atomic mass is 9.83. The summed E-state index contributed by atoms with van der Waals surface area (Å²) in [5.41, 5.74) is 2.46. The Morgan fingerprint density at radius 3 is 2.69 bits per heavy atom. The van der Waals surface area contributed by atoms with E-state index >= 15 is 0 Å². The van der Waals surface area contributed by atoms with Crippen LogP contribution in [0.5, 0.6) is 0 Å². The van der Waals surface area contributed by atoms with Crippen molar-refractivity contribution in [1.29, 1.82) is 0 Å². The highest BCUT2D eigenvalue weighted by molar-refractivity contribution is 5.89. The number of hydrogen-bond acceptors (Lipinski definition) is 2. The maximum absolute atomic E-state index is 11.1. The van der Waals surface area contributed by atoms with Gasteiger partial charge in [-0.05, 0) is 24.5 Å². The van der Waals surface area contributed by atoms with Crippen LogP contribution in [0.3, 0.4) is 0 Å². The third kappa shape index (κ3) is 1.95. The molecule has 16 heavy (non-hydrogen) atoms. The van der Waals surface area contributed by atoms with Gasteiger partial charge in [-0.1, -0.05) is 24.6 Å². The zero-order chi connectivity index (χ0) is 11.7. The molecule has 2 rings (SSSR count). The van der Waals surface area contributed by atoms with E-state index in [1.54, 1.807) is 6.07 Å². The van der Waals surface area contributed by atoms with Gasteiger partial charge in [0.25, 0.3) is 0 Å². The van der Waals surface area contributed by atoms with Gasteiger partial charge in [0, 0.05) is 5.92 Å². The van der Waals surface area contributed by atoms with Crippen molar-refractivity contribution >= 4 is 5.97 Å². The van der Waals surface area contributed by atoms with Gasteiger partial charge in [-0.2, -0.15) is 0 Å². The van der Waals surface area contributed by atoms with Gasteiger partial charge < -0.3 is 9.84 Å². The topological polar surface area (TPSA) is 46.5 Å². The first-order valence-electron chi connectivity index (χ1n) is 5.51. The number of ether oxygens (including phenoxy) is 1. The second-order valence-corrected chi connectivity index (χ2v) is 4.48. The first-order valence-corrected chi connectivity index (χ1v) is 5.51. The van der Waals surface area contributed by atoms with Crippen molar-refractivity contribution in [2.45, 2.75) is 19.8 Å². The standard InChI is InChI=1S/C13H16O3/c1-8-3-4-11(13(14)15)12(5-8)9(2)10-6-16-7-10/h3-5,9-10H,6-7H2,1-2H3,(H,14,15). The van der Waals surface area contributed by atoms with Crippen molar-refractivity contribution in [2.24, 2.45) is 5.92 Å². The van der Waals surface area contributed by atoms with Gasteiger partial charge in [0.15, 0.2) is 0 Å². The third-order valence-corrected chi connectivity index (χ3v) is 3.30. The molecule has 0 spiro atoms. The molecule has 0 aliphatic carbocycles. The largest absolute Gasteiger partial charge is 0.478 e.